The van der Waals surface area contributed by atoms with E-state index in [9.17, 15) is 0 Å². The zero-order chi connectivity index (χ0) is 13.7. The van der Waals surface area contributed by atoms with Gasteiger partial charge >= 0.3 is 0 Å². The van der Waals surface area contributed by atoms with E-state index in [0.29, 0.717) is 23.0 Å². The first-order valence-electron chi connectivity index (χ1n) is 5.81. The Kier molecular flexibility index (Phi) is 4.13. The molecular weight excluding hydrogens is 244 g/mol. The first-order valence-corrected chi connectivity index (χ1v) is 5.81. The molecule has 4 nitrogen and oxygen atoms in total. The number of ether oxygens (including phenoxy) is 4. The van der Waals surface area contributed by atoms with E-state index in [2.05, 4.69) is 0 Å². The van der Waals surface area contributed by atoms with Crippen LogP contribution < -0.4 is 18.9 Å². The van der Waals surface area contributed by atoms with Gasteiger partial charge in [0, 0.05) is 6.07 Å². The maximum atomic E-state index is 5.83. The van der Waals surface area contributed by atoms with Gasteiger partial charge in [-0.25, -0.2) is 0 Å². The predicted molar refractivity (Wildman–Crippen MR) is 72.6 cm³/mol. The highest BCUT2D eigenvalue weighted by Crippen LogP contribution is 2.40. The SMILES string of the molecule is COc1cccc(Oc2c(OC)cccc2OC)c1. The molecule has 0 amide bonds. The Hall–Kier alpha value is -2.36. The maximum Gasteiger partial charge on any atom is 0.210 e. The normalized spacial score (nSPS) is 9.84. The van der Waals surface area contributed by atoms with Crippen molar-refractivity contribution in [1.82, 2.24) is 0 Å². The van der Waals surface area contributed by atoms with Crippen molar-refractivity contribution in [2.45, 2.75) is 0 Å². The molecule has 0 aliphatic carbocycles. The van der Waals surface area contributed by atoms with E-state index >= 15 is 0 Å². The lowest BCUT2D eigenvalue weighted by atomic mass is 10.3. The Balaban J connectivity index is 2.36. The Morgan fingerprint density at radius 1 is 0.684 bits per heavy atom. The van der Waals surface area contributed by atoms with Gasteiger partial charge in [0.2, 0.25) is 5.75 Å². The molecule has 19 heavy (non-hydrogen) atoms. The number of methoxy groups -OCH3 is 3. The van der Waals surface area contributed by atoms with Crippen LogP contribution in [0.15, 0.2) is 42.5 Å². The van der Waals surface area contributed by atoms with Gasteiger partial charge < -0.3 is 18.9 Å². The lowest BCUT2D eigenvalue weighted by Gasteiger charge is -2.14. The molecular formula is C15H16O4. The molecule has 0 aliphatic rings. The summed E-state index contributed by atoms with van der Waals surface area (Å²) in [4.78, 5) is 0. The molecule has 0 saturated heterocycles. The number of benzene rings is 2. The first-order chi connectivity index (χ1) is 9.28. The van der Waals surface area contributed by atoms with Crippen LogP contribution in [0.4, 0.5) is 0 Å². The molecule has 2 aromatic rings. The molecule has 0 bridgehead atoms. The van der Waals surface area contributed by atoms with Crippen LogP contribution in [-0.2, 0) is 0 Å². The fourth-order valence-corrected chi connectivity index (χ4v) is 1.70. The molecule has 0 saturated carbocycles. The van der Waals surface area contributed by atoms with Gasteiger partial charge in [-0.05, 0) is 24.3 Å². The molecule has 0 atom stereocenters. The summed E-state index contributed by atoms with van der Waals surface area (Å²) in [6.07, 6.45) is 0. The molecule has 4 heteroatoms. The Morgan fingerprint density at radius 3 is 1.84 bits per heavy atom. The van der Waals surface area contributed by atoms with Crippen LogP contribution in [0.5, 0.6) is 28.7 Å². The first kappa shape index (κ1) is 13.1. The van der Waals surface area contributed by atoms with E-state index in [1.54, 1.807) is 27.4 Å². The lowest BCUT2D eigenvalue weighted by Crippen LogP contribution is -1.94. The quantitative estimate of drug-likeness (QED) is 0.824. The van der Waals surface area contributed by atoms with Crippen molar-refractivity contribution in [2.75, 3.05) is 21.3 Å². The summed E-state index contributed by atoms with van der Waals surface area (Å²) in [5.74, 6) is 3.15. The van der Waals surface area contributed by atoms with Crippen molar-refractivity contribution < 1.29 is 18.9 Å². The maximum absolute atomic E-state index is 5.83. The van der Waals surface area contributed by atoms with E-state index in [1.165, 1.54) is 0 Å². The molecule has 0 N–H and O–H groups in total. The van der Waals surface area contributed by atoms with Gasteiger partial charge in [0.05, 0.1) is 21.3 Å². The van der Waals surface area contributed by atoms with Crippen LogP contribution in [0.2, 0.25) is 0 Å². The van der Waals surface area contributed by atoms with E-state index in [1.807, 2.05) is 36.4 Å². The third-order valence-corrected chi connectivity index (χ3v) is 2.64. The topological polar surface area (TPSA) is 36.9 Å². The minimum absolute atomic E-state index is 0.542. The van der Waals surface area contributed by atoms with Crippen LogP contribution in [0.25, 0.3) is 0 Å². The molecule has 0 heterocycles. The largest absolute Gasteiger partial charge is 0.497 e. The minimum atomic E-state index is 0.542. The molecule has 0 fully saturated rings. The average molecular weight is 260 g/mol. The molecule has 100 valence electrons. The molecule has 0 aliphatic heterocycles. The number of hydrogen-bond acceptors (Lipinski definition) is 4. The van der Waals surface area contributed by atoms with E-state index < -0.39 is 0 Å². The molecule has 0 unspecified atom stereocenters. The van der Waals surface area contributed by atoms with Gasteiger partial charge in [0.1, 0.15) is 11.5 Å². The highest BCUT2D eigenvalue weighted by molar-refractivity contribution is 5.53. The molecule has 2 aromatic carbocycles. The van der Waals surface area contributed by atoms with Gasteiger partial charge in [-0.2, -0.15) is 0 Å². The third kappa shape index (κ3) is 2.91. The van der Waals surface area contributed by atoms with Crippen LogP contribution >= 0.6 is 0 Å². The van der Waals surface area contributed by atoms with Crippen LogP contribution in [0, 0.1) is 0 Å². The molecule has 0 spiro atoms. The third-order valence-electron chi connectivity index (χ3n) is 2.64. The molecule has 2 rings (SSSR count). The summed E-state index contributed by atoms with van der Waals surface area (Å²) in [5, 5.41) is 0. The second-order valence-electron chi connectivity index (χ2n) is 3.77. The van der Waals surface area contributed by atoms with Crippen molar-refractivity contribution in [3.05, 3.63) is 42.5 Å². The number of para-hydroxylation sites is 1. The monoisotopic (exact) mass is 260 g/mol. The molecule has 0 radical (unpaired) electrons. The van der Waals surface area contributed by atoms with Crippen molar-refractivity contribution in [3.8, 4) is 28.7 Å². The van der Waals surface area contributed by atoms with Gasteiger partial charge in [0.25, 0.3) is 0 Å². The fourth-order valence-electron chi connectivity index (χ4n) is 1.70. The van der Waals surface area contributed by atoms with E-state index in [0.717, 1.165) is 5.75 Å². The van der Waals surface area contributed by atoms with Gasteiger partial charge in [0.15, 0.2) is 11.5 Å². The van der Waals surface area contributed by atoms with Crippen molar-refractivity contribution >= 4 is 0 Å². The van der Waals surface area contributed by atoms with Gasteiger partial charge in [-0.15, -0.1) is 0 Å². The smallest absolute Gasteiger partial charge is 0.210 e. The second-order valence-corrected chi connectivity index (χ2v) is 3.77. The van der Waals surface area contributed by atoms with Crippen LogP contribution in [0.3, 0.4) is 0 Å². The van der Waals surface area contributed by atoms with Crippen molar-refractivity contribution in [3.63, 3.8) is 0 Å². The predicted octanol–water partition coefficient (Wildman–Crippen LogP) is 3.50. The lowest BCUT2D eigenvalue weighted by molar-refractivity contribution is 0.345. The highest BCUT2D eigenvalue weighted by atomic mass is 16.5. The summed E-state index contributed by atoms with van der Waals surface area (Å²) in [5.41, 5.74) is 0. The number of hydrogen-bond donors (Lipinski definition) is 0. The van der Waals surface area contributed by atoms with Crippen LogP contribution in [0.1, 0.15) is 0 Å². The summed E-state index contributed by atoms with van der Waals surface area (Å²) >= 11 is 0. The Bertz CT molecular complexity index is 529. The Labute approximate surface area is 112 Å². The van der Waals surface area contributed by atoms with Crippen LogP contribution in [-0.4, -0.2) is 21.3 Å². The van der Waals surface area contributed by atoms with Gasteiger partial charge in [-0.3, -0.25) is 0 Å². The van der Waals surface area contributed by atoms with Gasteiger partial charge in [-0.1, -0.05) is 12.1 Å². The molecule has 0 aromatic heterocycles. The number of rotatable bonds is 5. The fraction of sp³-hybridized carbons (Fsp3) is 0.200. The summed E-state index contributed by atoms with van der Waals surface area (Å²) in [6.45, 7) is 0. The average Bonchev–Trinajstić information content (AvgIpc) is 2.47. The summed E-state index contributed by atoms with van der Waals surface area (Å²) in [7, 11) is 4.79. The second kappa shape index (κ2) is 6.00. The van der Waals surface area contributed by atoms with E-state index in [4.69, 9.17) is 18.9 Å². The van der Waals surface area contributed by atoms with E-state index in [-0.39, 0.29) is 0 Å². The zero-order valence-electron chi connectivity index (χ0n) is 11.2. The zero-order valence-corrected chi connectivity index (χ0v) is 11.2. The standard InChI is InChI=1S/C15H16O4/c1-16-11-6-4-7-12(10-11)19-15-13(17-2)8-5-9-14(15)18-3/h4-10H,1-3H3. The highest BCUT2D eigenvalue weighted by Gasteiger charge is 2.12. The summed E-state index contributed by atoms with van der Waals surface area (Å²) in [6, 6.07) is 12.8. The van der Waals surface area contributed by atoms with Crippen molar-refractivity contribution in [1.29, 1.82) is 0 Å². The summed E-state index contributed by atoms with van der Waals surface area (Å²) < 4.78 is 21.6. The minimum Gasteiger partial charge on any atom is -0.497 e. The van der Waals surface area contributed by atoms with Crippen molar-refractivity contribution in [2.24, 2.45) is 0 Å². The Morgan fingerprint density at radius 2 is 1.26 bits per heavy atom.